The van der Waals surface area contributed by atoms with Crippen LogP contribution >= 0.6 is 0 Å². The third-order valence-corrected chi connectivity index (χ3v) is 3.86. The molecule has 0 aliphatic rings. The zero-order valence-corrected chi connectivity index (χ0v) is 22.5. The fourth-order valence-corrected chi connectivity index (χ4v) is 2.57. The summed E-state index contributed by atoms with van der Waals surface area (Å²) in [5.41, 5.74) is 4.85. The largest absolute Gasteiger partial charge is 3.00 e. The Morgan fingerprint density at radius 1 is 0.292 bits per heavy atom. The Morgan fingerprint density at radius 2 is 0.438 bits per heavy atom. The maximum Gasteiger partial charge on any atom is 3.00 e. The van der Waals surface area contributed by atoms with E-state index in [1.807, 2.05) is 72.8 Å². The van der Waals surface area contributed by atoms with Gasteiger partial charge in [0.1, 0.15) is 0 Å². The molecule has 4 aromatic carbocycles. The predicted molar refractivity (Wildman–Crippen MR) is 241 cm³/mol. The van der Waals surface area contributed by atoms with Crippen LogP contribution in [0.1, 0.15) is 163 Å². The molecule has 0 N–H and O–H groups in total. The van der Waals surface area contributed by atoms with E-state index in [1.54, 1.807) is 0 Å². The molecule has 0 bridgehead atoms. The van der Waals surface area contributed by atoms with Crippen LogP contribution < -0.4 is 0 Å². The summed E-state index contributed by atoms with van der Waals surface area (Å²) in [5.74, 6) is 0. The Kier molecular flexibility index (Phi) is 243. The SMILES string of the molecule is C.C.C.C.C.C.C.C.C.C.C.C.C.C.C.C.C.C.C.[CH3-].[Y+3].[Y].[c-]1ccccc1Cc1[c-]cccc1.[c-]1ccccc1Cc1[c-]cccc1. The molecule has 4 aromatic rings. The molecule has 0 saturated heterocycles. The number of rotatable bonds is 4. The average Bonchev–Trinajstić information content (AvgIpc) is 2.72. The van der Waals surface area contributed by atoms with Crippen molar-refractivity contribution >= 4 is 0 Å². The first-order valence-electron chi connectivity index (χ1n) is 8.72. The van der Waals surface area contributed by atoms with Crippen LogP contribution in [0.3, 0.4) is 0 Å². The van der Waals surface area contributed by atoms with Crippen LogP contribution in [-0.2, 0) is 78.3 Å². The van der Waals surface area contributed by atoms with Gasteiger partial charge in [0.25, 0.3) is 0 Å². The Labute approximate surface area is 367 Å². The minimum absolute atomic E-state index is 0. The van der Waals surface area contributed by atoms with Gasteiger partial charge in [0.05, 0.1) is 0 Å². The van der Waals surface area contributed by atoms with E-state index < -0.39 is 0 Å². The van der Waals surface area contributed by atoms with E-state index >= 15 is 0 Å². The van der Waals surface area contributed by atoms with E-state index in [9.17, 15) is 0 Å². The van der Waals surface area contributed by atoms with Crippen LogP contribution in [0, 0.1) is 31.7 Å². The molecule has 0 aliphatic heterocycles. The molecule has 0 nitrogen and oxygen atoms in total. The monoisotopic (exact) mass is 830 g/mol. The summed E-state index contributed by atoms with van der Waals surface area (Å²) in [6.07, 6.45) is 1.84. The van der Waals surface area contributed by atoms with E-state index in [2.05, 4.69) is 48.5 Å². The van der Waals surface area contributed by atoms with Crippen LogP contribution in [0.5, 0.6) is 0 Å². The molecule has 4 rings (SSSR count). The van der Waals surface area contributed by atoms with Gasteiger partial charge in [-0.2, -0.15) is 144 Å². The Morgan fingerprint density at radius 3 is 0.542 bits per heavy atom. The van der Waals surface area contributed by atoms with E-state index in [4.69, 9.17) is 0 Å². The summed E-state index contributed by atoms with van der Waals surface area (Å²) in [6.45, 7) is 0. The van der Waals surface area contributed by atoms with Crippen LogP contribution in [0.15, 0.2) is 97.1 Å². The van der Waals surface area contributed by atoms with Crippen molar-refractivity contribution in [3.05, 3.63) is 151 Å². The fourth-order valence-electron chi connectivity index (χ4n) is 2.57. The molecule has 0 atom stereocenters. The molecule has 0 aromatic heterocycles. The fraction of sp³-hybridized carbons (Fsp3) is 0.457. The van der Waals surface area contributed by atoms with E-state index in [1.165, 1.54) is 22.3 Å². The van der Waals surface area contributed by atoms with E-state index in [0.29, 0.717) is 0 Å². The average molecular weight is 830 g/mol. The summed E-state index contributed by atoms with van der Waals surface area (Å²) < 4.78 is 0. The first-order chi connectivity index (χ1) is 12.9. The Hall–Kier alpha value is -0.912. The smallest absolute Gasteiger partial charge is 0.358 e. The van der Waals surface area contributed by atoms with E-state index in [-0.39, 0.29) is 214 Å². The van der Waals surface area contributed by atoms with E-state index in [0.717, 1.165) is 12.8 Å². The van der Waals surface area contributed by atoms with Gasteiger partial charge >= 0.3 is 32.7 Å². The van der Waals surface area contributed by atoms with Crippen molar-refractivity contribution in [2.45, 2.75) is 154 Å². The Bertz CT molecular complexity index is 711. The van der Waals surface area contributed by atoms with Gasteiger partial charge in [-0.15, -0.1) is 0 Å². The van der Waals surface area contributed by atoms with Crippen LogP contribution in [0.4, 0.5) is 0 Å². The third-order valence-electron chi connectivity index (χ3n) is 3.86. The van der Waals surface area contributed by atoms with Crippen molar-refractivity contribution in [1.29, 1.82) is 0 Å². The van der Waals surface area contributed by atoms with Gasteiger partial charge in [0.15, 0.2) is 0 Å². The summed E-state index contributed by atoms with van der Waals surface area (Å²) in [4.78, 5) is 0. The van der Waals surface area contributed by atoms with Crippen molar-refractivity contribution in [1.82, 2.24) is 0 Å². The summed E-state index contributed by atoms with van der Waals surface area (Å²) in [6, 6.07) is 45.0. The molecule has 0 unspecified atom stereocenters. The van der Waals surface area contributed by atoms with Gasteiger partial charge in [-0.3, -0.25) is 0 Å². The molecule has 291 valence electrons. The molecule has 1 radical (unpaired) electrons. The number of hydrogen-bond donors (Lipinski definition) is 0. The van der Waals surface area contributed by atoms with Crippen molar-refractivity contribution in [2.24, 2.45) is 0 Å². The molecule has 48 heavy (non-hydrogen) atoms. The summed E-state index contributed by atoms with van der Waals surface area (Å²) in [5, 5.41) is 0. The van der Waals surface area contributed by atoms with Gasteiger partial charge < -0.3 is 7.43 Å². The van der Waals surface area contributed by atoms with Crippen molar-refractivity contribution < 1.29 is 65.4 Å². The molecule has 0 aliphatic carbocycles. The van der Waals surface area contributed by atoms with Crippen molar-refractivity contribution in [2.75, 3.05) is 0 Å². The van der Waals surface area contributed by atoms with Gasteiger partial charge in [-0.25, -0.2) is 0 Å². The second-order valence-electron chi connectivity index (χ2n) is 5.90. The predicted octanol–water partition coefficient (Wildman–Crippen LogP) is 18.3. The molecule has 2 heteroatoms. The molecule has 0 saturated carbocycles. The molecule has 0 amide bonds. The zero-order valence-electron chi connectivity index (χ0n) is 16.8. The van der Waals surface area contributed by atoms with Gasteiger partial charge in [0, 0.05) is 32.7 Å². The molecule has 0 fully saturated rings. The van der Waals surface area contributed by atoms with Gasteiger partial charge in [-0.05, 0) is 12.8 Å². The van der Waals surface area contributed by atoms with Gasteiger partial charge in [-0.1, -0.05) is 141 Å². The first kappa shape index (κ1) is 136. The minimum Gasteiger partial charge on any atom is -0.358 e. The van der Waals surface area contributed by atoms with Crippen LogP contribution in [0.2, 0.25) is 0 Å². The maximum atomic E-state index is 3.20. The molecular weight excluding hydrogens is 730 g/mol. The summed E-state index contributed by atoms with van der Waals surface area (Å²) in [7, 11) is 0. The second kappa shape index (κ2) is 85.6. The quantitative estimate of drug-likeness (QED) is 0.180. The third kappa shape index (κ3) is 57.4. The van der Waals surface area contributed by atoms with Crippen LogP contribution in [0.25, 0.3) is 0 Å². The number of benzene rings is 4. The molecule has 0 heterocycles. The minimum atomic E-state index is 0. The second-order valence-corrected chi connectivity index (χ2v) is 5.90. The van der Waals surface area contributed by atoms with Gasteiger partial charge in [0.2, 0.25) is 0 Å². The normalized spacial score (nSPS) is 5.33. The van der Waals surface area contributed by atoms with Crippen LogP contribution in [-0.4, -0.2) is 0 Å². The number of hydrogen-bond acceptors (Lipinski definition) is 0. The van der Waals surface area contributed by atoms with Crippen molar-refractivity contribution in [3.63, 3.8) is 0 Å². The molecule has 0 spiro atoms. The maximum absolute atomic E-state index is 3.20. The van der Waals surface area contributed by atoms with Crippen molar-refractivity contribution in [3.8, 4) is 0 Å². The topological polar surface area (TPSA) is 0 Å². The standard InChI is InChI=1S/2C13H10.19CH4.CH3.2Y/c2*1-3-7-12(8-4-1)11-13-9-5-2-6-10-13;;;;;;;;;;;;;;;;;;;;;;/h2*1-7,9H,11H2;19*1H4;1H3;;/q2*-2;;;;;;;;;;;;;;;;;;;;-1;;+3. The summed E-state index contributed by atoms with van der Waals surface area (Å²) >= 11 is 0. The molecular formula is C46H99Y2-2. The Balaban J connectivity index is -0.0000000124. The zero-order chi connectivity index (χ0) is 17.9. The first-order valence-corrected chi connectivity index (χ1v) is 8.72.